The third kappa shape index (κ3) is 3.43. The average Bonchev–Trinajstić information content (AvgIpc) is 2.81. The minimum absolute atomic E-state index is 0.0313. The third-order valence-electron chi connectivity index (χ3n) is 3.54. The Morgan fingerprint density at radius 2 is 1.92 bits per heavy atom. The number of anilines is 1. The first-order chi connectivity index (χ1) is 11.5. The van der Waals surface area contributed by atoms with Gasteiger partial charge < -0.3 is 9.84 Å². The molecule has 1 fully saturated rings. The molecule has 0 unspecified atom stereocenters. The van der Waals surface area contributed by atoms with Crippen LogP contribution < -0.4 is 13.8 Å². The number of carbonyl (C=O) groups excluding carboxylic acids is 1. The zero-order valence-corrected chi connectivity index (χ0v) is 13.5. The zero-order valence-electron chi connectivity index (χ0n) is 12.7. The second-order valence-electron chi connectivity index (χ2n) is 5.27. The van der Waals surface area contributed by atoms with Crippen LogP contribution in [-0.4, -0.2) is 32.6 Å². The Labute approximate surface area is 139 Å². The summed E-state index contributed by atoms with van der Waals surface area (Å²) in [6, 6.07) is 14.1. The number of phenols is 1. The van der Waals surface area contributed by atoms with Gasteiger partial charge in [-0.3, -0.25) is 4.79 Å². The fourth-order valence-corrected chi connectivity index (χ4v) is 3.56. The van der Waals surface area contributed by atoms with Crippen LogP contribution in [0.15, 0.2) is 48.5 Å². The predicted molar refractivity (Wildman–Crippen MR) is 88.2 cm³/mol. The van der Waals surface area contributed by atoms with Crippen LogP contribution in [0.3, 0.4) is 0 Å². The lowest BCUT2D eigenvalue weighted by atomic mass is 10.2. The van der Waals surface area contributed by atoms with E-state index in [0.29, 0.717) is 18.8 Å². The summed E-state index contributed by atoms with van der Waals surface area (Å²) in [6.07, 6.45) is 0.711. The number of nitrogens with one attached hydrogen (secondary N) is 1. The smallest absolute Gasteiger partial charge is 0.326 e. The van der Waals surface area contributed by atoms with E-state index in [-0.39, 0.29) is 18.0 Å². The Balaban J connectivity index is 1.68. The van der Waals surface area contributed by atoms with E-state index in [1.54, 1.807) is 6.07 Å². The molecule has 8 heteroatoms. The molecule has 0 aromatic heterocycles. The van der Waals surface area contributed by atoms with Gasteiger partial charge in [0.25, 0.3) is 5.91 Å². The van der Waals surface area contributed by atoms with Gasteiger partial charge in [-0.2, -0.15) is 8.42 Å². The van der Waals surface area contributed by atoms with E-state index in [1.165, 1.54) is 12.1 Å². The fourth-order valence-electron chi connectivity index (χ4n) is 2.40. The molecule has 0 saturated carbocycles. The van der Waals surface area contributed by atoms with Gasteiger partial charge in [-0.25, -0.2) is 9.03 Å². The van der Waals surface area contributed by atoms with E-state index in [1.807, 2.05) is 35.1 Å². The number of aromatic hydroxyl groups is 1. The van der Waals surface area contributed by atoms with Crippen molar-refractivity contribution < 1.29 is 23.1 Å². The highest BCUT2D eigenvalue weighted by atomic mass is 32.2. The monoisotopic (exact) mass is 348 g/mol. The summed E-state index contributed by atoms with van der Waals surface area (Å²) in [5, 5.41) is 10.1. The molecular formula is C16H16N2O5S. The number of carbonyl (C=O) groups is 1. The van der Waals surface area contributed by atoms with E-state index in [0.717, 1.165) is 9.87 Å². The molecule has 7 nitrogen and oxygen atoms in total. The minimum Gasteiger partial charge on any atom is -0.506 e. The molecule has 1 aliphatic heterocycles. The number of benzene rings is 2. The molecular weight excluding hydrogens is 332 g/mol. The van der Waals surface area contributed by atoms with Gasteiger partial charge in [0.15, 0.2) is 0 Å². The van der Waals surface area contributed by atoms with E-state index in [9.17, 15) is 18.3 Å². The second kappa shape index (κ2) is 6.40. The topological polar surface area (TPSA) is 95.9 Å². The first-order valence-electron chi connectivity index (χ1n) is 7.29. The highest BCUT2D eigenvalue weighted by Gasteiger charge is 2.35. The van der Waals surface area contributed by atoms with Crippen LogP contribution in [0, 0.1) is 0 Å². The molecule has 126 valence electrons. The van der Waals surface area contributed by atoms with Crippen LogP contribution in [0.4, 0.5) is 5.69 Å². The lowest BCUT2D eigenvalue weighted by Crippen LogP contribution is -2.29. The summed E-state index contributed by atoms with van der Waals surface area (Å²) in [7, 11) is -3.94. The zero-order chi connectivity index (χ0) is 17.2. The maximum atomic E-state index is 11.8. The van der Waals surface area contributed by atoms with Gasteiger partial charge in [0.2, 0.25) is 0 Å². The minimum atomic E-state index is -3.94. The van der Waals surface area contributed by atoms with Gasteiger partial charge in [0.05, 0.1) is 12.3 Å². The van der Waals surface area contributed by atoms with Crippen LogP contribution in [0.25, 0.3) is 0 Å². The molecule has 1 amide bonds. The van der Waals surface area contributed by atoms with Crippen molar-refractivity contribution in [2.75, 3.05) is 17.5 Å². The van der Waals surface area contributed by atoms with Gasteiger partial charge in [-0.15, -0.1) is 0 Å². The van der Waals surface area contributed by atoms with Crippen molar-refractivity contribution in [3.63, 3.8) is 0 Å². The van der Waals surface area contributed by atoms with E-state index < -0.39 is 16.1 Å². The molecule has 1 aliphatic rings. The Morgan fingerprint density at radius 3 is 2.54 bits per heavy atom. The molecule has 0 atom stereocenters. The highest BCUT2D eigenvalue weighted by molar-refractivity contribution is 7.92. The second-order valence-corrected chi connectivity index (χ2v) is 6.87. The number of amides is 1. The standard InChI is InChI=1S/C16H16N2O5S/c19-15-10-13(23-9-8-12-4-2-1-3-5-12)6-7-14(15)18-11-16(20)17-24(18,21)22/h1-7,10,19H,8-9,11H2,(H,17,20). The van der Waals surface area contributed by atoms with Gasteiger partial charge >= 0.3 is 10.2 Å². The number of nitrogens with zero attached hydrogens (tertiary/aromatic N) is 1. The van der Waals surface area contributed by atoms with Gasteiger partial charge in [0.1, 0.15) is 18.0 Å². The van der Waals surface area contributed by atoms with Crippen molar-refractivity contribution in [2.24, 2.45) is 0 Å². The predicted octanol–water partition coefficient (Wildman–Crippen LogP) is 1.19. The first kappa shape index (κ1) is 16.1. The van der Waals surface area contributed by atoms with Crippen LogP contribution in [0.1, 0.15) is 5.56 Å². The number of phenolic OH excluding ortho intramolecular Hbond substituents is 1. The normalized spacial score (nSPS) is 16.0. The largest absolute Gasteiger partial charge is 0.506 e. The molecule has 2 aromatic carbocycles. The molecule has 0 spiro atoms. The Bertz CT molecular complexity index is 852. The molecule has 0 aliphatic carbocycles. The fraction of sp³-hybridized carbons (Fsp3) is 0.188. The van der Waals surface area contributed by atoms with E-state index in [2.05, 4.69) is 0 Å². The Hall–Kier alpha value is -2.74. The third-order valence-corrected chi connectivity index (χ3v) is 4.93. The average molecular weight is 348 g/mol. The number of ether oxygens (including phenoxy) is 1. The van der Waals surface area contributed by atoms with Crippen molar-refractivity contribution >= 4 is 21.8 Å². The first-order valence-corrected chi connectivity index (χ1v) is 8.73. The van der Waals surface area contributed by atoms with Gasteiger partial charge in [-0.1, -0.05) is 30.3 Å². The molecule has 1 saturated heterocycles. The quantitative estimate of drug-likeness (QED) is 0.846. The van der Waals surface area contributed by atoms with Crippen molar-refractivity contribution in [1.29, 1.82) is 0 Å². The molecule has 0 bridgehead atoms. The Kier molecular flexibility index (Phi) is 4.30. The van der Waals surface area contributed by atoms with Crippen LogP contribution in [0.5, 0.6) is 11.5 Å². The van der Waals surface area contributed by atoms with Crippen molar-refractivity contribution in [1.82, 2.24) is 4.72 Å². The highest BCUT2D eigenvalue weighted by Crippen LogP contribution is 2.33. The summed E-state index contributed by atoms with van der Waals surface area (Å²) in [4.78, 5) is 11.3. The van der Waals surface area contributed by atoms with E-state index >= 15 is 0 Å². The lowest BCUT2D eigenvalue weighted by Gasteiger charge is -2.16. The van der Waals surface area contributed by atoms with Crippen molar-refractivity contribution in [3.05, 3.63) is 54.1 Å². The maximum absolute atomic E-state index is 11.8. The lowest BCUT2D eigenvalue weighted by molar-refractivity contribution is -0.117. The summed E-state index contributed by atoms with van der Waals surface area (Å²) in [5.41, 5.74) is 1.16. The number of hydrogen-bond acceptors (Lipinski definition) is 5. The molecule has 2 aromatic rings. The SMILES string of the molecule is O=C1CN(c2ccc(OCCc3ccccc3)cc2O)S(=O)(=O)N1. The van der Waals surface area contributed by atoms with E-state index in [4.69, 9.17) is 4.74 Å². The van der Waals surface area contributed by atoms with Crippen LogP contribution in [-0.2, 0) is 21.4 Å². The number of hydrogen-bond donors (Lipinski definition) is 2. The molecule has 1 heterocycles. The summed E-state index contributed by atoms with van der Waals surface area (Å²) < 4.78 is 31.8. The summed E-state index contributed by atoms with van der Waals surface area (Å²) in [5.74, 6) is -0.493. The van der Waals surface area contributed by atoms with Gasteiger partial charge in [0, 0.05) is 12.5 Å². The molecule has 0 radical (unpaired) electrons. The maximum Gasteiger partial charge on any atom is 0.326 e. The molecule has 24 heavy (non-hydrogen) atoms. The van der Waals surface area contributed by atoms with Crippen LogP contribution in [0.2, 0.25) is 0 Å². The van der Waals surface area contributed by atoms with Gasteiger partial charge in [-0.05, 0) is 17.7 Å². The van der Waals surface area contributed by atoms with Crippen molar-refractivity contribution in [3.8, 4) is 11.5 Å². The van der Waals surface area contributed by atoms with Crippen LogP contribution >= 0.6 is 0 Å². The molecule has 2 N–H and O–H groups in total. The summed E-state index contributed by atoms with van der Waals surface area (Å²) in [6.45, 7) is 0.0644. The summed E-state index contributed by atoms with van der Waals surface area (Å²) >= 11 is 0. The molecule has 3 rings (SSSR count). The Morgan fingerprint density at radius 1 is 1.17 bits per heavy atom. The van der Waals surface area contributed by atoms with Crippen molar-refractivity contribution in [2.45, 2.75) is 6.42 Å². The number of rotatable bonds is 5.